The van der Waals surface area contributed by atoms with Crippen molar-refractivity contribution in [3.8, 4) is 0 Å². The van der Waals surface area contributed by atoms with Gasteiger partial charge in [0.05, 0.1) is 16.3 Å². The standard InChI is InChI=1S/C17H20N4O3/c1-20(12-2-3-13-22)16-8-4-14(5-9-16)18-19-15-6-10-17(11-7-15)21(23)24/h4-11,22H,2-3,12-13H2,1H3. The highest BCUT2D eigenvalue weighted by atomic mass is 16.6. The Morgan fingerprint density at radius 1 is 1.00 bits per heavy atom. The highest BCUT2D eigenvalue weighted by molar-refractivity contribution is 5.52. The molecule has 2 aromatic rings. The largest absolute Gasteiger partial charge is 0.396 e. The minimum absolute atomic E-state index is 0.0301. The quantitative estimate of drug-likeness (QED) is 0.340. The smallest absolute Gasteiger partial charge is 0.269 e. The van der Waals surface area contributed by atoms with Crippen LogP contribution in [-0.2, 0) is 0 Å². The molecule has 0 amide bonds. The number of nitrogens with zero attached hydrogens (tertiary/aromatic N) is 4. The molecule has 0 aliphatic heterocycles. The van der Waals surface area contributed by atoms with Gasteiger partial charge in [0.2, 0.25) is 0 Å². The molecule has 126 valence electrons. The number of rotatable bonds is 8. The van der Waals surface area contributed by atoms with Crippen LogP contribution in [0.15, 0.2) is 58.8 Å². The van der Waals surface area contributed by atoms with Gasteiger partial charge in [-0.2, -0.15) is 10.2 Å². The maximum Gasteiger partial charge on any atom is 0.269 e. The van der Waals surface area contributed by atoms with E-state index in [4.69, 9.17) is 5.11 Å². The fourth-order valence-electron chi connectivity index (χ4n) is 2.12. The molecule has 0 unspecified atom stereocenters. The SMILES string of the molecule is CN(CCCCO)c1ccc(N=Nc2ccc([N+](=O)[O-])cc2)cc1. The molecule has 0 fully saturated rings. The number of azo groups is 1. The number of hydrogen-bond donors (Lipinski definition) is 1. The molecule has 0 atom stereocenters. The Balaban J connectivity index is 1.96. The Morgan fingerprint density at radius 2 is 1.54 bits per heavy atom. The van der Waals surface area contributed by atoms with E-state index in [9.17, 15) is 10.1 Å². The third kappa shape index (κ3) is 5.13. The molecule has 0 bridgehead atoms. The Morgan fingerprint density at radius 3 is 2.04 bits per heavy atom. The van der Waals surface area contributed by atoms with Gasteiger partial charge < -0.3 is 10.0 Å². The number of nitro groups is 1. The summed E-state index contributed by atoms with van der Waals surface area (Å²) in [5, 5.41) is 27.6. The summed E-state index contributed by atoms with van der Waals surface area (Å²) in [6, 6.07) is 13.6. The number of hydrogen-bond acceptors (Lipinski definition) is 6. The molecular weight excluding hydrogens is 308 g/mol. The average Bonchev–Trinajstić information content (AvgIpc) is 2.61. The second kappa shape index (κ2) is 8.73. The van der Waals surface area contributed by atoms with Crippen molar-refractivity contribution in [3.05, 3.63) is 58.6 Å². The zero-order chi connectivity index (χ0) is 17.4. The van der Waals surface area contributed by atoms with Crippen LogP contribution in [-0.4, -0.2) is 30.2 Å². The minimum Gasteiger partial charge on any atom is -0.396 e. The molecule has 0 saturated heterocycles. The average molecular weight is 328 g/mol. The van der Waals surface area contributed by atoms with Crippen molar-refractivity contribution in [1.82, 2.24) is 0 Å². The molecule has 0 heterocycles. The van der Waals surface area contributed by atoms with E-state index < -0.39 is 4.92 Å². The zero-order valence-corrected chi connectivity index (χ0v) is 13.5. The van der Waals surface area contributed by atoms with Crippen LogP contribution in [0.25, 0.3) is 0 Å². The van der Waals surface area contributed by atoms with Gasteiger partial charge in [0.1, 0.15) is 0 Å². The molecular formula is C17H20N4O3. The molecule has 7 nitrogen and oxygen atoms in total. The first-order valence-electron chi connectivity index (χ1n) is 7.68. The van der Waals surface area contributed by atoms with Crippen LogP contribution in [0.5, 0.6) is 0 Å². The summed E-state index contributed by atoms with van der Waals surface area (Å²) in [7, 11) is 2.00. The van der Waals surface area contributed by atoms with Crippen molar-refractivity contribution < 1.29 is 10.0 Å². The first-order chi connectivity index (χ1) is 11.6. The number of aliphatic hydroxyl groups excluding tert-OH is 1. The van der Waals surface area contributed by atoms with Gasteiger partial charge in [-0.05, 0) is 49.2 Å². The maximum atomic E-state index is 10.6. The molecule has 0 saturated carbocycles. The van der Waals surface area contributed by atoms with E-state index in [1.54, 1.807) is 12.1 Å². The molecule has 7 heteroatoms. The third-order valence-electron chi connectivity index (χ3n) is 3.53. The second-order valence-electron chi connectivity index (χ2n) is 5.34. The van der Waals surface area contributed by atoms with Crippen molar-refractivity contribution in [1.29, 1.82) is 0 Å². The van der Waals surface area contributed by atoms with Crippen LogP contribution in [0.2, 0.25) is 0 Å². The summed E-state index contributed by atoms with van der Waals surface area (Å²) in [5.41, 5.74) is 2.37. The number of non-ortho nitro benzene ring substituents is 1. The van der Waals surface area contributed by atoms with E-state index in [0.29, 0.717) is 11.4 Å². The zero-order valence-electron chi connectivity index (χ0n) is 13.5. The van der Waals surface area contributed by atoms with Crippen LogP contribution >= 0.6 is 0 Å². The lowest BCUT2D eigenvalue weighted by Crippen LogP contribution is -2.18. The highest BCUT2D eigenvalue weighted by Crippen LogP contribution is 2.23. The molecule has 0 aliphatic rings. The number of benzene rings is 2. The van der Waals surface area contributed by atoms with Gasteiger partial charge >= 0.3 is 0 Å². The number of nitro benzene ring substituents is 1. The van der Waals surface area contributed by atoms with E-state index in [-0.39, 0.29) is 12.3 Å². The lowest BCUT2D eigenvalue weighted by atomic mass is 10.2. The van der Waals surface area contributed by atoms with Gasteiger partial charge in [0.25, 0.3) is 5.69 Å². The van der Waals surface area contributed by atoms with Gasteiger partial charge in [-0.15, -0.1) is 0 Å². The Kier molecular flexibility index (Phi) is 6.39. The predicted molar refractivity (Wildman–Crippen MR) is 93.3 cm³/mol. The molecule has 2 rings (SSSR count). The molecule has 24 heavy (non-hydrogen) atoms. The van der Waals surface area contributed by atoms with Gasteiger partial charge in [-0.3, -0.25) is 10.1 Å². The van der Waals surface area contributed by atoms with Crippen LogP contribution in [0.3, 0.4) is 0 Å². The van der Waals surface area contributed by atoms with Crippen LogP contribution in [0.1, 0.15) is 12.8 Å². The predicted octanol–water partition coefficient (Wildman–Crippen LogP) is 4.22. The molecule has 1 N–H and O–H groups in total. The van der Waals surface area contributed by atoms with E-state index in [1.165, 1.54) is 12.1 Å². The summed E-state index contributed by atoms with van der Waals surface area (Å²) in [6.45, 7) is 1.10. The second-order valence-corrected chi connectivity index (χ2v) is 5.34. The van der Waals surface area contributed by atoms with Crippen molar-refractivity contribution >= 4 is 22.7 Å². The monoisotopic (exact) mass is 328 g/mol. The maximum absolute atomic E-state index is 10.6. The van der Waals surface area contributed by atoms with Crippen molar-refractivity contribution in [2.45, 2.75) is 12.8 Å². The first kappa shape index (κ1) is 17.6. The summed E-state index contributed by atoms with van der Waals surface area (Å²) in [5.74, 6) is 0. The summed E-state index contributed by atoms with van der Waals surface area (Å²) >= 11 is 0. The Labute approximate surface area is 140 Å². The van der Waals surface area contributed by atoms with Gasteiger partial charge in [-0.25, -0.2) is 0 Å². The van der Waals surface area contributed by atoms with E-state index in [0.717, 1.165) is 25.1 Å². The number of unbranched alkanes of at least 4 members (excludes halogenated alkanes) is 1. The number of anilines is 1. The molecule has 0 radical (unpaired) electrons. The Bertz CT molecular complexity index is 684. The van der Waals surface area contributed by atoms with E-state index in [2.05, 4.69) is 15.1 Å². The van der Waals surface area contributed by atoms with Gasteiger partial charge in [0, 0.05) is 38.0 Å². The van der Waals surface area contributed by atoms with Crippen LogP contribution < -0.4 is 4.90 Å². The summed E-state index contributed by atoms with van der Waals surface area (Å²) in [4.78, 5) is 12.3. The van der Waals surface area contributed by atoms with Gasteiger partial charge in [0.15, 0.2) is 0 Å². The minimum atomic E-state index is -0.448. The fourth-order valence-corrected chi connectivity index (χ4v) is 2.12. The third-order valence-corrected chi connectivity index (χ3v) is 3.53. The van der Waals surface area contributed by atoms with Crippen molar-refractivity contribution in [3.63, 3.8) is 0 Å². The van der Waals surface area contributed by atoms with E-state index >= 15 is 0 Å². The molecule has 2 aromatic carbocycles. The number of aliphatic hydroxyl groups is 1. The van der Waals surface area contributed by atoms with Crippen LogP contribution in [0.4, 0.5) is 22.7 Å². The van der Waals surface area contributed by atoms with Crippen LogP contribution in [0, 0.1) is 10.1 Å². The first-order valence-corrected chi connectivity index (χ1v) is 7.68. The molecule has 0 spiro atoms. The lowest BCUT2D eigenvalue weighted by Gasteiger charge is -2.18. The fraction of sp³-hybridized carbons (Fsp3) is 0.294. The molecule has 0 aliphatic carbocycles. The lowest BCUT2D eigenvalue weighted by molar-refractivity contribution is -0.384. The topological polar surface area (TPSA) is 91.3 Å². The van der Waals surface area contributed by atoms with Crippen molar-refractivity contribution in [2.24, 2.45) is 10.2 Å². The normalized spacial score (nSPS) is 10.9. The van der Waals surface area contributed by atoms with E-state index in [1.807, 2.05) is 31.3 Å². The summed E-state index contributed by atoms with van der Waals surface area (Å²) in [6.07, 6.45) is 1.74. The summed E-state index contributed by atoms with van der Waals surface area (Å²) < 4.78 is 0. The molecule has 0 aromatic heterocycles. The Hall–Kier alpha value is -2.80. The van der Waals surface area contributed by atoms with Crippen molar-refractivity contribution in [2.75, 3.05) is 25.1 Å². The van der Waals surface area contributed by atoms with Gasteiger partial charge in [-0.1, -0.05) is 0 Å². The highest BCUT2D eigenvalue weighted by Gasteiger charge is 2.03.